The molecule has 0 amide bonds. The van der Waals surface area contributed by atoms with E-state index in [1.807, 2.05) is 182 Å². The van der Waals surface area contributed by atoms with Gasteiger partial charge in [0.05, 0.1) is 11.9 Å². The van der Waals surface area contributed by atoms with Gasteiger partial charge in [0, 0.05) is 39.8 Å². The quantitative estimate of drug-likeness (QED) is 0.0688. The third kappa shape index (κ3) is 16.7. The maximum atomic E-state index is 11.1. The summed E-state index contributed by atoms with van der Waals surface area (Å²) in [6.07, 6.45) is 0.222. The number of ether oxygens (including phenoxy) is 4. The number of aromatic hydroxyl groups is 2. The van der Waals surface area contributed by atoms with E-state index in [2.05, 4.69) is 0 Å². The molecule has 0 fully saturated rings. The number of fused-ring (bicyclic) bond motifs is 6. The molecule has 0 aliphatic rings. The predicted molar refractivity (Wildman–Crippen MR) is 329 cm³/mol. The van der Waals surface area contributed by atoms with Crippen LogP contribution in [0.15, 0.2) is 218 Å². The average molecular weight is 1240 g/mol. The number of carboxylic acids is 5. The first kappa shape index (κ1) is 68.1. The van der Waals surface area contributed by atoms with E-state index in [4.69, 9.17) is 34.3 Å². The van der Waals surface area contributed by atoms with Crippen LogP contribution in [0.3, 0.4) is 0 Å². The Morgan fingerprint density at radius 1 is 0.303 bits per heavy atom. The Balaban J connectivity index is 0.000000183. The first-order valence-electron chi connectivity index (χ1n) is 27.2. The summed E-state index contributed by atoms with van der Waals surface area (Å²) in [6.45, 7) is -0.637. The number of aliphatic carboxylic acids is 5. The van der Waals surface area contributed by atoms with Crippen LogP contribution in [0.1, 0.15) is 13.3 Å². The standard InChI is InChI=1S/2C24H18O6.C20H14O2.C3H6O2.2K/c2*25-21(26)13-29-19-11-9-15-5-1-3-7-17(15)23(19)24-18-8-4-2-6-16(18)10-12-20(24)30-14-22(27)28;21-17-11-9-13-5-1-3-7-15(13)19(17)20-16-8-4-2-6-14(16)10-12-18(20)22;1-2-3(4)5;;/h2*1-12H,13-14H2,(H,25,26)(H,27,28);1-12,21-22H;2H2,1H3,(H,4,5);;/q;;;;2*+1/p-2. The summed E-state index contributed by atoms with van der Waals surface area (Å²) in [7, 11) is 0. The van der Waals surface area contributed by atoms with E-state index in [1.165, 1.54) is 0 Å². The van der Waals surface area contributed by atoms with Gasteiger partial charge in [0.25, 0.3) is 0 Å². The largest absolute Gasteiger partial charge is 1.00 e. The van der Waals surface area contributed by atoms with Crippen LogP contribution in [-0.4, -0.2) is 81.8 Å². The Hall–Kier alpha value is -8.38. The summed E-state index contributed by atoms with van der Waals surface area (Å²) in [5.41, 5.74) is 3.89. The second-order valence-corrected chi connectivity index (χ2v) is 19.4. The van der Waals surface area contributed by atoms with Gasteiger partial charge in [-0.05, 0) is 101 Å². The van der Waals surface area contributed by atoms with Gasteiger partial charge in [-0.2, -0.15) is 0 Å². The minimum atomic E-state index is -1.35. The first-order valence-corrected chi connectivity index (χ1v) is 27.2. The van der Waals surface area contributed by atoms with Crippen molar-refractivity contribution in [2.45, 2.75) is 13.3 Å². The molecule has 18 heteroatoms. The van der Waals surface area contributed by atoms with Crippen LogP contribution in [0.5, 0.6) is 34.5 Å². The number of phenolic OH excluding ortho intramolecular Hbond substituents is 2. The molecule has 0 atom stereocenters. The summed E-state index contributed by atoms with van der Waals surface area (Å²) in [6, 6.07) is 67.5. The summed E-state index contributed by atoms with van der Waals surface area (Å²) >= 11 is 0. The zero-order valence-electron chi connectivity index (χ0n) is 48.5. The molecular formula is C71H54K2O16. The number of hydrogen-bond acceptors (Lipinski definition) is 13. The number of carboxylic acid groups (broad SMARTS) is 5. The molecule has 12 aromatic carbocycles. The maximum absolute atomic E-state index is 11.1. The Bertz CT molecular complexity index is 4090. The fourth-order valence-corrected chi connectivity index (χ4v) is 10.1. The number of carbonyl (C=O) groups is 5. The second-order valence-electron chi connectivity index (χ2n) is 19.4. The summed E-state index contributed by atoms with van der Waals surface area (Å²) < 4.78 is 22.3. The van der Waals surface area contributed by atoms with E-state index < -0.39 is 56.3 Å². The molecule has 0 aliphatic carbocycles. The minimum Gasteiger partial charge on any atom is -0.546 e. The van der Waals surface area contributed by atoms with Crippen LogP contribution in [0.25, 0.3) is 98.0 Å². The Kier molecular flexibility index (Phi) is 24.6. The minimum absolute atomic E-state index is 0. The van der Waals surface area contributed by atoms with Crippen LogP contribution in [0.2, 0.25) is 0 Å². The fourth-order valence-electron chi connectivity index (χ4n) is 10.1. The number of hydrogen-bond donors (Lipinski definition) is 5. The molecule has 0 radical (unpaired) electrons. The topological polar surface area (TPSA) is 270 Å². The monoisotopic (exact) mass is 1240 g/mol. The van der Waals surface area contributed by atoms with Crippen molar-refractivity contribution in [2.24, 2.45) is 0 Å². The van der Waals surface area contributed by atoms with Crippen LogP contribution in [0, 0.1) is 0 Å². The van der Waals surface area contributed by atoms with Crippen molar-refractivity contribution in [3.05, 3.63) is 218 Å². The smallest absolute Gasteiger partial charge is 0.546 e. The van der Waals surface area contributed by atoms with Gasteiger partial charge in [-0.15, -0.1) is 0 Å². The van der Waals surface area contributed by atoms with Crippen molar-refractivity contribution in [1.29, 1.82) is 0 Å². The molecule has 89 heavy (non-hydrogen) atoms. The number of rotatable bonds is 16. The molecule has 0 saturated heterocycles. The number of carbonyl (C=O) groups excluding carboxylic acids is 2. The molecule has 0 spiro atoms. The molecule has 436 valence electrons. The van der Waals surface area contributed by atoms with E-state index in [-0.39, 0.29) is 121 Å². The molecule has 0 unspecified atom stereocenters. The molecule has 16 nitrogen and oxygen atoms in total. The van der Waals surface area contributed by atoms with E-state index >= 15 is 0 Å². The molecule has 0 saturated carbocycles. The fraction of sp³-hybridized carbons (Fsp3) is 0.0845. The maximum Gasteiger partial charge on any atom is 1.00 e. The van der Waals surface area contributed by atoms with Crippen molar-refractivity contribution < 1.29 is 181 Å². The van der Waals surface area contributed by atoms with Gasteiger partial charge in [-0.3, -0.25) is 4.79 Å². The van der Waals surface area contributed by atoms with Crippen LogP contribution in [-0.2, 0) is 24.0 Å². The van der Waals surface area contributed by atoms with Gasteiger partial charge in [0.2, 0.25) is 0 Å². The van der Waals surface area contributed by atoms with Crippen molar-refractivity contribution >= 4 is 94.5 Å². The average Bonchev–Trinajstić information content (AvgIpc) is 0.978. The first-order chi connectivity index (χ1) is 42.1. The molecule has 0 bridgehead atoms. The van der Waals surface area contributed by atoms with Crippen LogP contribution in [0.4, 0.5) is 0 Å². The van der Waals surface area contributed by atoms with Gasteiger partial charge in [0.15, 0.2) is 13.2 Å². The predicted octanol–water partition coefficient (Wildman–Crippen LogP) is 6.06. The second kappa shape index (κ2) is 32.2. The molecule has 5 N–H and O–H groups in total. The summed E-state index contributed by atoms with van der Waals surface area (Å²) in [5.74, 6) is -3.86. The SMILES string of the molecule is CCC(=O)O.O=C(O)COc1ccc2ccccc2c1-c1c(OCC(=O)O)ccc2ccccc12.O=C([O-])COc1ccc2ccccc2c1-c1c(OCC(=O)[O-])ccc2ccccc12.Oc1ccc2ccccc2c1-c1c(O)ccc2ccccc12.[K+].[K+]. The summed E-state index contributed by atoms with van der Waals surface area (Å²) in [5, 5.41) is 79.7. The van der Waals surface area contributed by atoms with Crippen molar-refractivity contribution in [3.8, 4) is 67.9 Å². The van der Waals surface area contributed by atoms with Gasteiger partial charge >= 0.3 is 121 Å². The van der Waals surface area contributed by atoms with Gasteiger partial charge in [-0.25, -0.2) is 9.59 Å². The molecular weight excluding hydrogens is 1190 g/mol. The molecule has 0 aliphatic heterocycles. The van der Waals surface area contributed by atoms with E-state index in [9.17, 15) is 44.4 Å². The van der Waals surface area contributed by atoms with Crippen LogP contribution >= 0.6 is 0 Å². The van der Waals surface area contributed by atoms with Crippen molar-refractivity contribution in [1.82, 2.24) is 0 Å². The zero-order valence-corrected chi connectivity index (χ0v) is 54.8. The summed E-state index contributed by atoms with van der Waals surface area (Å²) in [4.78, 5) is 53.6. The number of phenols is 2. The van der Waals surface area contributed by atoms with Gasteiger partial charge in [0.1, 0.15) is 47.7 Å². The Labute approximate surface area is 595 Å². The van der Waals surface area contributed by atoms with E-state index in [0.29, 0.717) is 56.4 Å². The van der Waals surface area contributed by atoms with Crippen LogP contribution < -0.4 is 132 Å². The Morgan fingerprint density at radius 3 is 0.719 bits per heavy atom. The third-order valence-electron chi connectivity index (χ3n) is 13.8. The van der Waals surface area contributed by atoms with E-state index in [1.54, 1.807) is 43.3 Å². The third-order valence-corrected chi connectivity index (χ3v) is 13.8. The molecule has 0 aromatic heterocycles. The molecule has 12 rings (SSSR count). The number of benzene rings is 12. The zero-order chi connectivity index (χ0) is 61.6. The van der Waals surface area contributed by atoms with Gasteiger partial charge < -0.3 is 64.3 Å². The normalized spacial score (nSPS) is 10.4. The Morgan fingerprint density at radius 2 is 0.506 bits per heavy atom. The molecule has 0 heterocycles. The van der Waals surface area contributed by atoms with E-state index in [0.717, 1.165) is 64.6 Å². The van der Waals surface area contributed by atoms with Crippen molar-refractivity contribution in [2.75, 3.05) is 26.4 Å². The van der Waals surface area contributed by atoms with Gasteiger partial charge in [-0.1, -0.05) is 189 Å². The molecule has 12 aromatic rings. The van der Waals surface area contributed by atoms with Crippen molar-refractivity contribution in [3.63, 3.8) is 0 Å².